The van der Waals surface area contributed by atoms with Crippen LogP contribution in [-0.4, -0.2) is 37.1 Å². The van der Waals surface area contributed by atoms with Crippen molar-refractivity contribution in [3.8, 4) is 5.82 Å². The average molecular weight is 337 g/mol. The van der Waals surface area contributed by atoms with E-state index in [0.29, 0.717) is 17.9 Å². The first kappa shape index (κ1) is 15.4. The Kier molecular flexibility index (Phi) is 3.97. The summed E-state index contributed by atoms with van der Waals surface area (Å²) in [4.78, 5) is 23.0. The van der Waals surface area contributed by atoms with Crippen molar-refractivity contribution in [2.75, 3.05) is 6.54 Å². The van der Waals surface area contributed by atoms with E-state index in [-0.39, 0.29) is 17.8 Å². The maximum atomic E-state index is 13.2. The highest BCUT2D eigenvalue weighted by molar-refractivity contribution is 5.95. The number of benzene rings is 1. The lowest BCUT2D eigenvalue weighted by Crippen LogP contribution is -2.30. The molecule has 6 nitrogen and oxygen atoms in total. The molecule has 1 saturated heterocycles. The van der Waals surface area contributed by atoms with Gasteiger partial charge in [-0.2, -0.15) is 5.10 Å². The van der Waals surface area contributed by atoms with E-state index >= 15 is 0 Å². The van der Waals surface area contributed by atoms with Crippen molar-refractivity contribution >= 4 is 5.91 Å². The van der Waals surface area contributed by atoms with Gasteiger partial charge in [0.25, 0.3) is 5.91 Å². The maximum absolute atomic E-state index is 13.2. The Balaban J connectivity index is 1.61. The minimum Gasteiger partial charge on any atom is -0.332 e. The summed E-state index contributed by atoms with van der Waals surface area (Å²) in [5.41, 5.74) is 1.51. The molecule has 1 amide bonds. The van der Waals surface area contributed by atoms with Crippen LogP contribution >= 0.6 is 0 Å². The molecule has 126 valence electrons. The number of likely N-dealkylation sites (tertiary alicyclic amines) is 1. The summed E-state index contributed by atoms with van der Waals surface area (Å²) in [5.74, 6) is 0.211. The lowest BCUT2D eigenvalue weighted by molar-refractivity contribution is 0.0735. The summed E-state index contributed by atoms with van der Waals surface area (Å²) >= 11 is 0. The van der Waals surface area contributed by atoms with Gasteiger partial charge in [-0.25, -0.2) is 19.0 Å². The van der Waals surface area contributed by atoms with Crippen molar-refractivity contribution in [2.24, 2.45) is 0 Å². The SMILES string of the molecule is O=C(c1ccnc(-n2cncn2)c1)N1CCC[C@H]1c1ccc(F)cc1. The number of aromatic nitrogens is 4. The molecule has 7 heteroatoms. The van der Waals surface area contributed by atoms with Crippen LogP contribution in [0.2, 0.25) is 0 Å². The van der Waals surface area contributed by atoms with Gasteiger partial charge in [-0.05, 0) is 42.7 Å². The molecule has 0 spiro atoms. The van der Waals surface area contributed by atoms with Crippen LogP contribution in [0.4, 0.5) is 4.39 Å². The Morgan fingerprint density at radius 2 is 2.04 bits per heavy atom. The molecule has 2 aromatic heterocycles. The Morgan fingerprint density at radius 1 is 1.20 bits per heavy atom. The number of rotatable bonds is 3. The number of carbonyl (C=O) groups excluding carboxylic acids is 1. The van der Waals surface area contributed by atoms with E-state index in [4.69, 9.17) is 0 Å². The van der Waals surface area contributed by atoms with Gasteiger partial charge in [-0.3, -0.25) is 4.79 Å². The number of amides is 1. The minimum atomic E-state index is -0.272. The molecule has 1 aromatic carbocycles. The number of halogens is 1. The lowest BCUT2D eigenvalue weighted by Gasteiger charge is -2.25. The zero-order chi connectivity index (χ0) is 17.2. The van der Waals surface area contributed by atoms with Crippen LogP contribution in [0.1, 0.15) is 34.8 Å². The van der Waals surface area contributed by atoms with E-state index in [2.05, 4.69) is 15.1 Å². The summed E-state index contributed by atoms with van der Waals surface area (Å²) in [6.07, 6.45) is 6.34. The highest BCUT2D eigenvalue weighted by atomic mass is 19.1. The molecule has 3 aromatic rings. The summed E-state index contributed by atoms with van der Waals surface area (Å²) in [6, 6.07) is 9.74. The Hall–Kier alpha value is -3.09. The highest BCUT2D eigenvalue weighted by Crippen LogP contribution is 2.33. The lowest BCUT2D eigenvalue weighted by atomic mass is 10.0. The normalized spacial score (nSPS) is 17.0. The van der Waals surface area contributed by atoms with E-state index in [9.17, 15) is 9.18 Å². The summed E-state index contributed by atoms with van der Waals surface area (Å²) in [7, 11) is 0. The van der Waals surface area contributed by atoms with Crippen molar-refractivity contribution in [1.82, 2.24) is 24.6 Å². The van der Waals surface area contributed by atoms with Gasteiger partial charge in [0, 0.05) is 18.3 Å². The predicted octanol–water partition coefficient (Wildman–Crippen LogP) is 2.78. The molecule has 0 unspecified atom stereocenters. The first-order valence-electron chi connectivity index (χ1n) is 8.10. The second-order valence-corrected chi connectivity index (χ2v) is 5.95. The fourth-order valence-corrected chi connectivity index (χ4v) is 3.21. The largest absolute Gasteiger partial charge is 0.332 e. The summed E-state index contributed by atoms with van der Waals surface area (Å²) < 4.78 is 14.7. The number of hydrogen-bond acceptors (Lipinski definition) is 4. The monoisotopic (exact) mass is 337 g/mol. The molecular formula is C18H16FN5O. The zero-order valence-corrected chi connectivity index (χ0v) is 13.4. The van der Waals surface area contributed by atoms with Crippen LogP contribution in [0.25, 0.3) is 5.82 Å². The molecule has 0 saturated carbocycles. The zero-order valence-electron chi connectivity index (χ0n) is 13.4. The van der Waals surface area contributed by atoms with E-state index in [1.54, 1.807) is 30.5 Å². The third-order valence-corrected chi connectivity index (χ3v) is 4.41. The molecular weight excluding hydrogens is 321 g/mol. The smallest absolute Gasteiger partial charge is 0.254 e. The molecule has 1 atom stereocenters. The predicted molar refractivity (Wildman–Crippen MR) is 88.6 cm³/mol. The van der Waals surface area contributed by atoms with Gasteiger partial charge in [0.1, 0.15) is 18.5 Å². The van der Waals surface area contributed by atoms with Gasteiger partial charge in [-0.15, -0.1) is 0 Å². The van der Waals surface area contributed by atoms with E-state index < -0.39 is 0 Å². The Morgan fingerprint density at radius 3 is 2.80 bits per heavy atom. The minimum absolute atomic E-state index is 0.0314. The van der Waals surface area contributed by atoms with Gasteiger partial charge in [0.05, 0.1) is 6.04 Å². The molecule has 0 radical (unpaired) electrons. The van der Waals surface area contributed by atoms with Crippen LogP contribution in [0.3, 0.4) is 0 Å². The molecule has 25 heavy (non-hydrogen) atoms. The van der Waals surface area contributed by atoms with Crippen LogP contribution in [0, 0.1) is 5.82 Å². The standard InChI is InChI=1S/C18H16FN5O/c19-15-5-3-13(4-6-15)16-2-1-9-23(16)18(25)14-7-8-21-17(10-14)24-12-20-11-22-24/h3-8,10-12,16H,1-2,9H2/t16-/m0/s1. The van der Waals surface area contributed by atoms with Crippen molar-refractivity contribution < 1.29 is 9.18 Å². The van der Waals surface area contributed by atoms with E-state index in [0.717, 1.165) is 18.4 Å². The van der Waals surface area contributed by atoms with Crippen molar-refractivity contribution in [1.29, 1.82) is 0 Å². The van der Waals surface area contributed by atoms with Gasteiger partial charge >= 0.3 is 0 Å². The molecule has 0 N–H and O–H groups in total. The Labute approximate surface area is 143 Å². The van der Waals surface area contributed by atoms with Gasteiger partial charge in [0.15, 0.2) is 5.82 Å². The molecule has 3 heterocycles. The van der Waals surface area contributed by atoms with Crippen LogP contribution in [-0.2, 0) is 0 Å². The van der Waals surface area contributed by atoms with E-state index in [1.165, 1.54) is 29.5 Å². The first-order valence-corrected chi connectivity index (χ1v) is 8.10. The summed E-state index contributed by atoms with van der Waals surface area (Å²) in [5, 5.41) is 4.04. The Bertz CT molecular complexity index is 879. The third-order valence-electron chi connectivity index (χ3n) is 4.41. The highest BCUT2D eigenvalue weighted by Gasteiger charge is 2.30. The summed E-state index contributed by atoms with van der Waals surface area (Å²) in [6.45, 7) is 0.682. The number of nitrogens with zero attached hydrogens (tertiary/aromatic N) is 5. The number of hydrogen-bond donors (Lipinski definition) is 0. The molecule has 1 aliphatic rings. The topological polar surface area (TPSA) is 63.9 Å². The molecule has 1 aliphatic heterocycles. The van der Waals surface area contributed by atoms with Gasteiger partial charge in [0.2, 0.25) is 0 Å². The quantitative estimate of drug-likeness (QED) is 0.737. The number of carbonyl (C=O) groups is 1. The van der Waals surface area contributed by atoms with Gasteiger partial charge in [-0.1, -0.05) is 12.1 Å². The van der Waals surface area contributed by atoms with Crippen LogP contribution < -0.4 is 0 Å². The number of pyridine rings is 1. The van der Waals surface area contributed by atoms with Crippen molar-refractivity contribution in [3.63, 3.8) is 0 Å². The van der Waals surface area contributed by atoms with E-state index in [1.807, 2.05) is 4.90 Å². The molecule has 0 bridgehead atoms. The van der Waals surface area contributed by atoms with Crippen LogP contribution in [0.15, 0.2) is 55.2 Å². The fraction of sp³-hybridized carbons (Fsp3) is 0.222. The second-order valence-electron chi connectivity index (χ2n) is 5.95. The average Bonchev–Trinajstić information content (AvgIpc) is 3.34. The maximum Gasteiger partial charge on any atom is 0.254 e. The first-order chi connectivity index (χ1) is 12.2. The van der Waals surface area contributed by atoms with Gasteiger partial charge < -0.3 is 4.90 Å². The molecule has 1 fully saturated rings. The molecule has 0 aliphatic carbocycles. The fourth-order valence-electron chi connectivity index (χ4n) is 3.21. The third kappa shape index (κ3) is 3.00. The molecule has 4 rings (SSSR count). The second kappa shape index (κ2) is 6.43. The van der Waals surface area contributed by atoms with Crippen molar-refractivity contribution in [3.05, 3.63) is 72.2 Å². The van der Waals surface area contributed by atoms with Crippen LogP contribution in [0.5, 0.6) is 0 Å². The van der Waals surface area contributed by atoms with Crippen molar-refractivity contribution in [2.45, 2.75) is 18.9 Å².